The summed E-state index contributed by atoms with van der Waals surface area (Å²) in [4.78, 5) is 24.2. The Balaban J connectivity index is 2.07. The highest BCUT2D eigenvalue weighted by atomic mass is 32.1. The fraction of sp³-hybridized carbons (Fsp3) is 0.500. The fourth-order valence-corrected chi connectivity index (χ4v) is 2.13. The van der Waals surface area contributed by atoms with Gasteiger partial charge in [-0.3, -0.25) is 19.9 Å². The molecule has 2 amide bonds. The number of hydrazine groups is 1. The first-order valence-electron chi connectivity index (χ1n) is 4.83. The van der Waals surface area contributed by atoms with E-state index in [9.17, 15) is 9.59 Å². The van der Waals surface area contributed by atoms with Gasteiger partial charge in [0.25, 0.3) is 0 Å². The third-order valence-electron chi connectivity index (χ3n) is 2.27. The first-order valence-corrected chi connectivity index (χ1v) is 5.64. The van der Waals surface area contributed by atoms with Gasteiger partial charge in [-0.2, -0.15) is 0 Å². The number of amides is 2. The minimum Gasteiger partial charge on any atom is -0.298 e. The van der Waals surface area contributed by atoms with E-state index in [0.717, 1.165) is 0 Å². The molecule has 0 saturated carbocycles. The quantitative estimate of drug-likeness (QED) is 0.434. The number of nitrogen functional groups attached to an aromatic ring is 1. The van der Waals surface area contributed by atoms with Crippen molar-refractivity contribution in [1.82, 2.24) is 15.1 Å². The topological polar surface area (TPSA) is 101 Å². The number of piperidine rings is 1. The first-order chi connectivity index (χ1) is 7.70. The van der Waals surface area contributed by atoms with E-state index in [0.29, 0.717) is 29.4 Å². The van der Waals surface area contributed by atoms with E-state index in [1.54, 1.807) is 0 Å². The van der Waals surface area contributed by atoms with Gasteiger partial charge in [-0.25, -0.2) is 5.84 Å². The minimum absolute atomic E-state index is 0.145. The van der Waals surface area contributed by atoms with Crippen molar-refractivity contribution in [3.8, 4) is 0 Å². The van der Waals surface area contributed by atoms with Crippen molar-refractivity contribution < 1.29 is 9.59 Å². The van der Waals surface area contributed by atoms with Crippen molar-refractivity contribution in [2.24, 2.45) is 5.84 Å². The summed E-state index contributed by atoms with van der Waals surface area (Å²) in [6.45, 7) is 0.191. The number of hydrogen-bond donors (Lipinski definition) is 2. The van der Waals surface area contributed by atoms with Crippen LogP contribution in [0.1, 0.15) is 24.3 Å². The summed E-state index contributed by atoms with van der Waals surface area (Å²) in [5.74, 6) is 4.87. The van der Waals surface area contributed by atoms with E-state index in [1.165, 1.54) is 16.2 Å². The maximum absolute atomic E-state index is 11.5. The Morgan fingerprint density at radius 1 is 1.31 bits per heavy atom. The van der Waals surface area contributed by atoms with E-state index >= 15 is 0 Å². The molecule has 0 bridgehead atoms. The van der Waals surface area contributed by atoms with Crippen molar-refractivity contribution in [3.63, 3.8) is 0 Å². The van der Waals surface area contributed by atoms with Crippen LogP contribution in [0, 0.1) is 0 Å². The molecule has 0 atom stereocenters. The number of anilines is 1. The van der Waals surface area contributed by atoms with Gasteiger partial charge in [0.05, 0.1) is 6.54 Å². The van der Waals surface area contributed by atoms with Crippen molar-refractivity contribution in [1.29, 1.82) is 0 Å². The summed E-state index contributed by atoms with van der Waals surface area (Å²) >= 11 is 1.23. The van der Waals surface area contributed by atoms with Gasteiger partial charge in [-0.15, -0.1) is 10.2 Å². The number of carbonyl (C=O) groups excluding carboxylic acids is 2. The second-order valence-corrected chi connectivity index (χ2v) is 4.43. The molecule has 1 aromatic rings. The fourth-order valence-electron chi connectivity index (χ4n) is 1.49. The molecular formula is C8H11N5O2S. The molecule has 0 aromatic carbocycles. The van der Waals surface area contributed by atoms with Crippen LogP contribution < -0.4 is 11.3 Å². The van der Waals surface area contributed by atoms with Crippen molar-refractivity contribution in [2.45, 2.75) is 25.8 Å². The molecule has 2 rings (SSSR count). The highest BCUT2D eigenvalue weighted by Crippen LogP contribution is 2.19. The van der Waals surface area contributed by atoms with Gasteiger partial charge in [0.15, 0.2) is 0 Å². The number of nitrogens with two attached hydrogens (primary N) is 1. The molecule has 1 aromatic heterocycles. The van der Waals surface area contributed by atoms with Gasteiger partial charge in [0, 0.05) is 12.8 Å². The predicted molar refractivity (Wildman–Crippen MR) is 57.1 cm³/mol. The van der Waals surface area contributed by atoms with Crippen molar-refractivity contribution in [3.05, 3.63) is 5.01 Å². The molecule has 0 radical (unpaired) electrons. The van der Waals surface area contributed by atoms with Crippen LogP contribution in [0.5, 0.6) is 0 Å². The average Bonchev–Trinajstić information content (AvgIpc) is 2.71. The zero-order chi connectivity index (χ0) is 11.5. The SMILES string of the molecule is NNc1nnc(CN2C(=O)CCCC2=O)s1. The lowest BCUT2D eigenvalue weighted by Gasteiger charge is -2.23. The normalized spacial score (nSPS) is 16.7. The lowest BCUT2D eigenvalue weighted by molar-refractivity contribution is -0.148. The molecule has 0 spiro atoms. The summed E-state index contributed by atoms with van der Waals surface area (Å²) < 4.78 is 0. The van der Waals surface area contributed by atoms with Crippen LogP contribution in [0.2, 0.25) is 0 Å². The second kappa shape index (κ2) is 4.54. The van der Waals surface area contributed by atoms with Crippen LogP contribution in [-0.4, -0.2) is 26.9 Å². The van der Waals surface area contributed by atoms with Crippen LogP contribution in [0.3, 0.4) is 0 Å². The number of nitrogens with zero attached hydrogens (tertiary/aromatic N) is 3. The van der Waals surface area contributed by atoms with Gasteiger partial charge in [0.2, 0.25) is 16.9 Å². The first kappa shape index (κ1) is 11.0. The third kappa shape index (κ3) is 2.17. The van der Waals surface area contributed by atoms with E-state index in [4.69, 9.17) is 5.84 Å². The molecule has 1 saturated heterocycles. The molecule has 16 heavy (non-hydrogen) atoms. The summed E-state index contributed by atoms with van der Waals surface area (Å²) in [6, 6.07) is 0. The van der Waals surface area contributed by atoms with E-state index in [2.05, 4.69) is 15.6 Å². The smallest absolute Gasteiger partial charge is 0.229 e. The Kier molecular flexibility index (Phi) is 3.11. The summed E-state index contributed by atoms with van der Waals surface area (Å²) in [7, 11) is 0. The summed E-state index contributed by atoms with van der Waals surface area (Å²) in [5.41, 5.74) is 2.36. The van der Waals surface area contributed by atoms with Gasteiger partial charge in [-0.05, 0) is 6.42 Å². The molecule has 7 nitrogen and oxygen atoms in total. The Bertz CT molecular complexity index is 402. The number of carbonyl (C=O) groups is 2. The number of rotatable bonds is 3. The summed E-state index contributed by atoms with van der Waals surface area (Å²) in [5, 5.41) is 8.62. The van der Waals surface area contributed by atoms with E-state index in [-0.39, 0.29) is 18.4 Å². The highest BCUT2D eigenvalue weighted by molar-refractivity contribution is 7.15. The third-order valence-corrected chi connectivity index (χ3v) is 3.11. The van der Waals surface area contributed by atoms with Gasteiger partial charge < -0.3 is 0 Å². The molecule has 8 heteroatoms. The van der Waals surface area contributed by atoms with Gasteiger partial charge in [0.1, 0.15) is 5.01 Å². The largest absolute Gasteiger partial charge is 0.298 e. The van der Waals surface area contributed by atoms with E-state index in [1.807, 2.05) is 0 Å². The van der Waals surface area contributed by atoms with Crippen LogP contribution in [0.25, 0.3) is 0 Å². The van der Waals surface area contributed by atoms with Gasteiger partial charge in [-0.1, -0.05) is 11.3 Å². The predicted octanol–water partition coefficient (Wildman–Crippen LogP) is -0.137. The Hall–Kier alpha value is -1.54. The number of imide groups is 1. The minimum atomic E-state index is -0.145. The molecule has 86 valence electrons. The van der Waals surface area contributed by atoms with Crippen LogP contribution >= 0.6 is 11.3 Å². The standard InChI is InChI=1S/C8H11N5O2S/c9-10-8-12-11-5(16-8)4-13-6(14)2-1-3-7(13)15/h1-4,9H2,(H,10,12). The maximum Gasteiger partial charge on any atom is 0.229 e. The van der Waals surface area contributed by atoms with E-state index < -0.39 is 0 Å². The Morgan fingerprint density at radius 3 is 2.56 bits per heavy atom. The Labute approximate surface area is 95.6 Å². The number of likely N-dealkylation sites (tertiary alicyclic amines) is 1. The zero-order valence-corrected chi connectivity index (χ0v) is 9.29. The van der Waals surface area contributed by atoms with Crippen molar-refractivity contribution >= 4 is 28.3 Å². The Morgan fingerprint density at radius 2 is 2.00 bits per heavy atom. The van der Waals surface area contributed by atoms with Gasteiger partial charge >= 0.3 is 0 Å². The molecule has 0 aliphatic carbocycles. The van der Waals surface area contributed by atoms with Crippen LogP contribution in [0.4, 0.5) is 5.13 Å². The molecule has 1 aliphatic rings. The molecule has 0 unspecified atom stereocenters. The lowest BCUT2D eigenvalue weighted by Crippen LogP contribution is -2.39. The summed E-state index contributed by atoms with van der Waals surface area (Å²) in [6.07, 6.45) is 1.49. The molecule has 3 N–H and O–H groups in total. The highest BCUT2D eigenvalue weighted by Gasteiger charge is 2.26. The maximum atomic E-state index is 11.5. The molecule has 1 fully saturated rings. The molecular weight excluding hydrogens is 230 g/mol. The van der Waals surface area contributed by atoms with Crippen LogP contribution in [-0.2, 0) is 16.1 Å². The number of hydrogen-bond acceptors (Lipinski definition) is 7. The van der Waals surface area contributed by atoms with Crippen LogP contribution in [0.15, 0.2) is 0 Å². The lowest BCUT2D eigenvalue weighted by atomic mass is 10.1. The number of aromatic nitrogens is 2. The monoisotopic (exact) mass is 241 g/mol. The van der Waals surface area contributed by atoms with Crippen molar-refractivity contribution in [2.75, 3.05) is 5.43 Å². The zero-order valence-electron chi connectivity index (χ0n) is 8.47. The molecule has 1 aliphatic heterocycles. The molecule has 2 heterocycles. The second-order valence-electron chi connectivity index (χ2n) is 3.37. The number of nitrogens with one attached hydrogen (secondary N) is 1. The average molecular weight is 241 g/mol.